The predicted octanol–water partition coefficient (Wildman–Crippen LogP) is 2.82. The Hall–Kier alpha value is -2.02. The Balaban J connectivity index is 2.23. The number of hydrogen-bond donors (Lipinski definition) is 2. The number of anilines is 2. The van der Waals surface area contributed by atoms with Crippen molar-refractivity contribution in [2.75, 3.05) is 5.32 Å². The van der Waals surface area contributed by atoms with Crippen LogP contribution in [0.5, 0.6) is 0 Å². The summed E-state index contributed by atoms with van der Waals surface area (Å²) in [6.45, 7) is 0. The Morgan fingerprint density at radius 1 is 1.33 bits per heavy atom. The average Bonchev–Trinajstić information content (AvgIpc) is 2.34. The van der Waals surface area contributed by atoms with Crippen molar-refractivity contribution in [1.82, 2.24) is 9.97 Å². The van der Waals surface area contributed by atoms with Crippen molar-refractivity contribution in [3.63, 3.8) is 0 Å². The lowest BCUT2D eigenvalue weighted by atomic mass is 10.3. The lowest BCUT2D eigenvalue weighted by molar-refractivity contribution is 0.0690. The fraction of sp³-hybridized carbons (Fsp3) is 0. The third-order valence-electron chi connectivity index (χ3n) is 2.06. The molecule has 1 heterocycles. The molecule has 0 saturated heterocycles. The molecule has 0 amide bonds. The van der Waals surface area contributed by atoms with Crippen LogP contribution >= 0.6 is 15.9 Å². The van der Waals surface area contributed by atoms with E-state index in [1.54, 1.807) is 12.1 Å². The van der Waals surface area contributed by atoms with Crippen molar-refractivity contribution in [2.45, 2.75) is 0 Å². The first-order chi connectivity index (χ1) is 8.56. The second-order valence-corrected chi connectivity index (χ2v) is 4.26. The quantitative estimate of drug-likeness (QED) is 0.911. The molecule has 7 heteroatoms. The molecule has 2 rings (SSSR count). The van der Waals surface area contributed by atoms with Gasteiger partial charge in [0.2, 0.25) is 0 Å². The largest absolute Gasteiger partial charge is 0.476 e. The maximum atomic E-state index is 13.4. The van der Waals surface area contributed by atoms with E-state index in [1.165, 1.54) is 12.3 Å². The molecule has 0 unspecified atom stereocenters. The molecule has 0 atom stereocenters. The molecule has 1 aromatic heterocycles. The van der Waals surface area contributed by atoms with E-state index >= 15 is 0 Å². The molecule has 18 heavy (non-hydrogen) atoms. The van der Waals surface area contributed by atoms with Gasteiger partial charge in [-0.3, -0.25) is 0 Å². The van der Waals surface area contributed by atoms with Gasteiger partial charge in [0.15, 0.2) is 5.69 Å². The van der Waals surface area contributed by atoms with Gasteiger partial charge in [-0.2, -0.15) is 0 Å². The van der Waals surface area contributed by atoms with Crippen LogP contribution in [-0.4, -0.2) is 21.0 Å². The third kappa shape index (κ3) is 2.80. The predicted molar refractivity (Wildman–Crippen MR) is 66.4 cm³/mol. The fourth-order valence-electron chi connectivity index (χ4n) is 1.23. The van der Waals surface area contributed by atoms with Crippen LogP contribution in [0.2, 0.25) is 0 Å². The molecule has 0 saturated carbocycles. The molecule has 92 valence electrons. The topological polar surface area (TPSA) is 75.1 Å². The van der Waals surface area contributed by atoms with Gasteiger partial charge in [0.1, 0.15) is 11.6 Å². The average molecular weight is 312 g/mol. The molecule has 0 aliphatic carbocycles. The number of carbonyl (C=O) groups is 1. The normalized spacial score (nSPS) is 10.1. The number of hydrogen-bond acceptors (Lipinski definition) is 4. The van der Waals surface area contributed by atoms with E-state index in [0.29, 0.717) is 4.47 Å². The number of carboxylic acids is 1. The highest BCUT2D eigenvalue weighted by molar-refractivity contribution is 9.10. The van der Waals surface area contributed by atoms with Crippen LogP contribution in [0.3, 0.4) is 0 Å². The molecule has 0 radical (unpaired) electrons. The smallest absolute Gasteiger partial charge is 0.356 e. The molecule has 1 aromatic carbocycles. The van der Waals surface area contributed by atoms with E-state index in [9.17, 15) is 9.18 Å². The summed E-state index contributed by atoms with van der Waals surface area (Å²) in [5, 5.41) is 11.4. The summed E-state index contributed by atoms with van der Waals surface area (Å²) in [6.07, 6.45) is 2.32. The number of benzene rings is 1. The van der Waals surface area contributed by atoms with E-state index in [-0.39, 0.29) is 17.2 Å². The number of nitrogens with one attached hydrogen (secondary N) is 1. The van der Waals surface area contributed by atoms with Crippen molar-refractivity contribution in [2.24, 2.45) is 0 Å². The lowest BCUT2D eigenvalue weighted by Crippen LogP contribution is -2.03. The highest BCUT2D eigenvalue weighted by atomic mass is 79.9. The molecule has 2 N–H and O–H groups in total. The molecular formula is C11H7BrFN3O2. The highest BCUT2D eigenvalue weighted by Crippen LogP contribution is 2.22. The summed E-state index contributed by atoms with van der Waals surface area (Å²) in [5.41, 5.74) is 0.0528. The molecule has 0 bridgehead atoms. The number of rotatable bonds is 3. The van der Waals surface area contributed by atoms with Gasteiger partial charge in [0.05, 0.1) is 18.1 Å². The van der Waals surface area contributed by atoms with Gasteiger partial charge < -0.3 is 10.4 Å². The fourth-order valence-corrected chi connectivity index (χ4v) is 1.60. The van der Waals surface area contributed by atoms with Crippen molar-refractivity contribution >= 4 is 33.4 Å². The maximum Gasteiger partial charge on any atom is 0.356 e. The molecule has 5 nitrogen and oxygen atoms in total. The van der Waals surface area contributed by atoms with E-state index in [2.05, 4.69) is 31.2 Å². The van der Waals surface area contributed by atoms with E-state index in [0.717, 1.165) is 6.20 Å². The summed E-state index contributed by atoms with van der Waals surface area (Å²) in [6, 6.07) is 4.41. The second-order valence-electron chi connectivity index (χ2n) is 3.34. The summed E-state index contributed by atoms with van der Waals surface area (Å²) in [4.78, 5) is 18.1. The van der Waals surface area contributed by atoms with Gasteiger partial charge >= 0.3 is 5.97 Å². The van der Waals surface area contributed by atoms with Gasteiger partial charge in [-0.25, -0.2) is 19.2 Å². The van der Waals surface area contributed by atoms with Crippen LogP contribution in [0.1, 0.15) is 10.5 Å². The first kappa shape index (κ1) is 12.4. The van der Waals surface area contributed by atoms with Gasteiger partial charge in [0, 0.05) is 4.47 Å². The minimum Gasteiger partial charge on any atom is -0.476 e. The van der Waals surface area contributed by atoms with E-state index < -0.39 is 11.8 Å². The Labute approximate surface area is 110 Å². The third-order valence-corrected chi connectivity index (χ3v) is 2.56. The Bertz CT molecular complexity index is 589. The zero-order valence-electron chi connectivity index (χ0n) is 8.89. The van der Waals surface area contributed by atoms with E-state index in [4.69, 9.17) is 5.11 Å². The van der Waals surface area contributed by atoms with Crippen molar-refractivity contribution < 1.29 is 14.3 Å². The standard InChI is InChI=1S/C11H7BrFN3O2/c12-6-1-2-7(13)8(3-6)16-10-5-14-9(4-15-10)11(17)18/h1-5H,(H,15,16)(H,17,18). The summed E-state index contributed by atoms with van der Waals surface area (Å²) in [7, 11) is 0. The highest BCUT2D eigenvalue weighted by Gasteiger charge is 2.07. The molecule has 2 aromatic rings. The van der Waals surface area contributed by atoms with Crippen molar-refractivity contribution in [3.8, 4) is 0 Å². The first-order valence-corrected chi connectivity index (χ1v) is 5.63. The maximum absolute atomic E-state index is 13.4. The SMILES string of the molecule is O=C(O)c1cnc(Nc2cc(Br)ccc2F)cn1. The Morgan fingerprint density at radius 2 is 2.11 bits per heavy atom. The van der Waals surface area contributed by atoms with Gasteiger partial charge in [-0.1, -0.05) is 15.9 Å². The zero-order valence-corrected chi connectivity index (χ0v) is 10.5. The number of carboxylic acid groups (broad SMARTS) is 1. The summed E-state index contributed by atoms with van der Waals surface area (Å²) in [5.74, 6) is -1.35. The zero-order chi connectivity index (χ0) is 13.1. The van der Waals surface area contributed by atoms with Crippen molar-refractivity contribution in [3.05, 3.63) is 46.6 Å². The first-order valence-electron chi connectivity index (χ1n) is 4.83. The van der Waals surface area contributed by atoms with Crippen LogP contribution in [0.15, 0.2) is 35.1 Å². The monoisotopic (exact) mass is 311 g/mol. The summed E-state index contributed by atoms with van der Waals surface area (Å²) < 4.78 is 14.1. The molecule has 0 aliphatic rings. The molecule has 0 aliphatic heterocycles. The van der Waals surface area contributed by atoms with Crippen LogP contribution < -0.4 is 5.32 Å². The number of aromatic carboxylic acids is 1. The Kier molecular flexibility index (Phi) is 3.52. The minimum atomic E-state index is -1.16. The van der Waals surface area contributed by atoms with Gasteiger partial charge in [0.25, 0.3) is 0 Å². The van der Waals surface area contributed by atoms with Gasteiger partial charge in [-0.15, -0.1) is 0 Å². The second kappa shape index (κ2) is 5.09. The van der Waals surface area contributed by atoms with Gasteiger partial charge in [-0.05, 0) is 18.2 Å². The van der Waals surface area contributed by atoms with Crippen LogP contribution in [-0.2, 0) is 0 Å². The minimum absolute atomic E-state index is 0.171. The van der Waals surface area contributed by atoms with Crippen LogP contribution in [0.25, 0.3) is 0 Å². The lowest BCUT2D eigenvalue weighted by Gasteiger charge is -2.06. The molecular weight excluding hydrogens is 305 g/mol. The number of aromatic nitrogens is 2. The van der Waals surface area contributed by atoms with Crippen LogP contribution in [0.4, 0.5) is 15.9 Å². The summed E-state index contributed by atoms with van der Waals surface area (Å²) >= 11 is 3.22. The number of nitrogens with zero attached hydrogens (tertiary/aromatic N) is 2. The van der Waals surface area contributed by atoms with Crippen molar-refractivity contribution in [1.29, 1.82) is 0 Å². The molecule has 0 spiro atoms. The Morgan fingerprint density at radius 3 is 2.72 bits per heavy atom. The number of halogens is 2. The molecule has 0 fully saturated rings. The van der Waals surface area contributed by atoms with E-state index in [1.807, 2.05) is 0 Å². The van der Waals surface area contributed by atoms with Crippen LogP contribution in [0, 0.1) is 5.82 Å².